The Morgan fingerprint density at radius 1 is 1.41 bits per heavy atom. The summed E-state index contributed by atoms with van der Waals surface area (Å²) in [5.74, 6) is 6.05. The number of nitrogens with two attached hydrogens (primary N) is 1. The highest BCUT2D eigenvalue weighted by Crippen LogP contribution is 2.33. The van der Waals surface area contributed by atoms with Crippen molar-refractivity contribution < 1.29 is 4.39 Å². The van der Waals surface area contributed by atoms with Crippen LogP contribution in [0.25, 0.3) is 0 Å². The molecule has 0 radical (unpaired) electrons. The molecular formula is C13H18BrFN2. The molecule has 2 nitrogen and oxygen atoms in total. The Morgan fingerprint density at radius 2 is 2.12 bits per heavy atom. The average Bonchev–Trinajstić information content (AvgIpc) is 2.79. The van der Waals surface area contributed by atoms with E-state index in [2.05, 4.69) is 21.4 Å². The summed E-state index contributed by atoms with van der Waals surface area (Å²) in [5.41, 5.74) is 3.42. The van der Waals surface area contributed by atoms with Crippen LogP contribution in [0.2, 0.25) is 0 Å². The Hall–Kier alpha value is -0.450. The van der Waals surface area contributed by atoms with Gasteiger partial charge in [0.25, 0.3) is 0 Å². The predicted octanol–water partition coefficient (Wildman–Crippen LogP) is 3.67. The summed E-state index contributed by atoms with van der Waals surface area (Å²) in [6.07, 6.45) is 6.01. The van der Waals surface area contributed by atoms with Crippen molar-refractivity contribution in [2.24, 2.45) is 11.8 Å². The van der Waals surface area contributed by atoms with Gasteiger partial charge in [-0.05, 0) is 24.5 Å². The molecule has 1 fully saturated rings. The molecule has 2 rings (SSSR count). The monoisotopic (exact) mass is 300 g/mol. The van der Waals surface area contributed by atoms with Crippen LogP contribution in [-0.4, -0.2) is 0 Å². The smallest absolute Gasteiger partial charge is 0.129 e. The summed E-state index contributed by atoms with van der Waals surface area (Å²) in [7, 11) is 0. The van der Waals surface area contributed by atoms with Crippen molar-refractivity contribution in [2.75, 3.05) is 0 Å². The van der Waals surface area contributed by atoms with Crippen LogP contribution in [0.5, 0.6) is 0 Å². The minimum atomic E-state index is -0.194. The first-order chi connectivity index (χ1) is 8.20. The minimum absolute atomic E-state index is 0.0776. The molecule has 0 saturated heterocycles. The molecule has 94 valence electrons. The Kier molecular flexibility index (Phi) is 4.54. The standard InChI is InChI=1S/C13H18BrFN2/c14-10-5-6-11(12(15)8-10)13(17-16)7-9-3-1-2-4-9/h5-6,8-9,13,17H,1-4,7,16H2. The third kappa shape index (κ3) is 3.27. The molecule has 0 heterocycles. The fourth-order valence-electron chi connectivity index (χ4n) is 2.65. The molecule has 1 atom stereocenters. The Morgan fingerprint density at radius 3 is 2.71 bits per heavy atom. The maximum absolute atomic E-state index is 13.8. The molecule has 0 spiro atoms. The lowest BCUT2D eigenvalue weighted by Gasteiger charge is -2.20. The zero-order valence-corrected chi connectivity index (χ0v) is 11.3. The molecule has 0 aromatic heterocycles. The average molecular weight is 301 g/mol. The molecule has 1 aromatic carbocycles. The van der Waals surface area contributed by atoms with Crippen LogP contribution in [-0.2, 0) is 0 Å². The van der Waals surface area contributed by atoms with Crippen molar-refractivity contribution in [3.63, 3.8) is 0 Å². The van der Waals surface area contributed by atoms with E-state index in [4.69, 9.17) is 5.84 Å². The second-order valence-electron chi connectivity index (χ2n) is 4.77. The summed E-state index contributed by atoms with van der Waals surface area (Å²) in [6.45, 7) is 0. The van der Waals surface area contributed by atoms with Gasteiger partial charge in [-0.25, -0.2) is 4.39 Å². The molecule has 0 aliphatic heterocycles. The van der Waals surface area contributed by atoms with Gasteiger partial charge in [-0.3, -0.25) is 11.3 Å². The molecule has 1 unspecified atom stereocenters. The van der Waals surface area contributed by atoms with Gasteiger partial charge in [-0.2, -0.15) is 0 Å². The van der Waals surface area contributed by atoms with Gasteiger partial charge in [-0.1, -0.05) is 47.7 Å². The van der Waals surface area contributed by atoms with Gasteiger partial charge in [0, 0.05) is 16.1 Å². The summed E-state index contributed by atoms with van der Waals surface area (Å²) in [6, 6.07) is 5.08. The van der Waals surface area contributed by atoms with Crippen LogP contribution in [0.15, 0.2) is 22.7 Å². The Labute approximate surface area is 110 Å². The third-order valence-electron chi connectivity index (χ3n) is 3.58. The highest BCUT2D eigenvalue weighted by molar-refractivity contribution is 9.10. The van der Waals surface area contributed by atoms with Gasteiger partial charge in [-0.15, -0.1) is 0 Å². The number of nitrogens with one attached hydrogen (secondary N) is 1. The number of hydrogen-bond acceptors (Lipinski definition) is 2. The first-order valence-corrected chi connectivity index (χ1v) is 6.91. The van der Waals surface area contributed by atoms with Gasteiger partial charge in [0.05, 0.1) is 0 Å². The Bertz CT molecular complexity index is 378. The minimum Gasteiger partial charge on any atom is -0.271 e. The molecule has 4 heteroatoms. The molecule has 17 heavy (non-hydrogen) atoms. The summed E-state index contributed by atoms with van der Waals surface area (Å²) < 4.78 is 14.6. The highest BCUT2D eigenvalue weighted by atomic mass is 79.9. The first-order valence-electron chi connectivity index (χ1n) is 6.12. The topological polar surface area (TPSA) is 38.0 Å². The highest BCUT2D eigenvalue weighted by Gasteiger charge is 2.22. The van der Waals surface area contributed by atoms with Gasteiger partial charge in [0.1, 0.15) is 5.82 Å². The van der Waals surface area contributed by atoms with Gasteiger partial charge >= 0.3 is 0 Å². The van der Waals surface area contributed by atoms with E-state index in [0.717, 1.165) is 10.9 Å². The number of halogens is 2. The van der Waals surface area contributed by atoms with Crippen molar-refractivity contribution in [3.8, 4) is 0 Å². The molecule has 0 bridgehead atoms. The molecular weight excluding hydrogens is 283 g/mol. The lowest BCUT2D eigenvalue weighted by atomic mass is 9.94. The van der Waals surface area contributed by atoms with Crippen molar-refractivity contribution >= 4 is 15.9 Å². The van der Waals surface area contributed by atoms with Crippen LogP contribution in [0.3, 0.4) is 0 Å². The number of rotatable bonds is 4. The molecule has 1 aromatic rings. The van der Waals surface area contributed by atoms with E-state index in [1.54, 1.807) is 6.07 Å². The van der Waals surface area contributed by atoms with Gasteiger partial charge in [0.15, 0.2) is 0 Å². The van der Waals surface area contributed by atoms with Crippen LogP contribution < -0.4 is 11.3 Å². The van der Waals surface area contributed by atoms with E-state index in [9.17, 15) is 4.39 Å². The SMILES string of the molecule is NNC(CC1CCCC1)c1ccc(Br)cc1F. The van der Waals surface area contributed by atoms with Crippen molar-refractivity contribution in [1.29, 1.82) is 0 Å². The lowest BCUT2D eigenvalue weighted by Crippen LogP contribution is -2.30. The molecule has 1 aliphatic rings. The van der Waals surface area contributed by atoms with Crippen LogP contribution >= 0.6 is 15.9 Å². The van der Waals surface area contributed by atoms with E-state index >= 15 is 0 Å². The van der Waals surface area contributed by atoms with E-state index in [1.807, 2.05) is 6.07 Å². The summed E-state index contributed by atoms with van der Waals surface area (Å²) >= 11 is 3.26. The third-order valence-corrected chi connectivity index (χ3v) is 4.08. The van der Waals surface area contributed by atoms with E-state index in [0.29, 0.717) is 11.5 Å². The maximum atomic E-state index is 13.8. The Balaban J connectivity index is 2.10. The quantitative estimate of drug-likeness (QED) is 0.658. The zero-order chi connectivity index (χ0) is 12.3. The van der Waals surface area contributed by atoms with Crippen LogP contribution in [0, 0.1) is 11.7 Å². The summed E-state index contributed by atoms with van der Waals surface area (Å²) in [5, 5.41) is 0. The van der Waals surface area contributed by atoms with Gasteiger partial charge in [0.2, 0.25) is 0 Å². The maximum Gasteiger partial charge on any atom is 0.129 e. The van der Waals surface area contributed by atoms with Crippen molar-refractivity contribution in [1.82, 2.24) is 5.43 Å². The predicted molar refractivity (Wildman–Crippen MR) is 70.7 cm³/mol. The first kappa shape index (κ1) is 13.0. The molecule has 3 N–H and O–H groups in total. The van der Waals surface area contributed by atoms with Crippen molar-refractivity contribution in [3.05, 3.63) is 34.1 Å². The van der Waals surface area contributed by atoms with Gasteiger partial charge < -0.3 is 0 Å². The molecule has 1 saturated carbocycles. The van der Waals surface area contributed by atoms with Crippen LogP contribution in [0.1, 0.15) is 43.7 Å². The van der Waals surface area contributed by atoms with E-state index < -0.39 is 0 Å². The fourth-order valence-corrected chi connectivity index (χ4v) is 2.98. The number of hydrogen-bond donors (Lipinski definition) is 2. The lowest BCUT2D eigenvalue weighted by molar-refractivity contribution is 0.390. The largest absolute Gasteiger partial charge is 0.271 e. The second kappa shape index (κ2) is 5.94. The molecule has 0 amide bonds. The van der Waals surface area contributed by atoms with Crippen LogP contribution in [0.4, 0.5) is 4.39 Å². The number of benzene rings is 1. The van der Waals surface area contributed by atoms with E-state index in [-0.39, 0.29) is 11.9 Å². The fraction of sp³-hybridized carbons (Fsp3) is 0.538. The second-order valence-corrected chi connectivity index (χ2v) is 5.69. The normalized spacial score (nSPS) is 18.5. The van der Waals surface area contributed by atoms with Crippen molar-refractivity contribution in [2.45, 2.75) is 38.1 Å². The number of hydrazine groups is 1. The van der Waals surface area contributed by atoms with E-state index in [1.165, 1.54) is 31.7 Å². The summed E-state index contributed by atoms with van der Waals surface area (Å²) in [4.78, 5) is 0. The molecule has 1 aliphatic carbocycles. The zero-order valence-electron chi connectivity index (χ0n) is 9.76.